The van der Waals surface area contributed by atoms with Crippen LogP contribution in [0.5, 0.6) is 5.75 Å². The average molecular weight is 199 g/mol. The van der Waals surface area contributed by atoms with Crippen LogP contribution >= 0.6 is 0 Å². The van der Waals surface area contributed by atoms with Crippen LogP contribution in [0, 0.1) is 0 Å². The Kier molecular flexibility index (Phi) is 1.62. The van der Waals surface area contributed by atoms with E-state index in [0.29, 0.717) is 12.4 Å². The van der Waals surface area contributed by atoms with Gasteiger partial charge in [-0.25, -0.2) is 0 Å². The highest BCUT2D eigenvalue weighted by Gasteiger charge is 2.18. The van der Waals surface area contributed by atoms with Gasteiger partial charge in [-0.1, -0.05) is 12.1 Å². The molecule has 0 saturated carbocycles. The van der Waals surface area contributed by atoms with Gasteiger partial charge in [-0.3, -0.25) is 0 Å². The number of nitrogens with two attached hydrogens (primary N) is 1. The molecule has 0 fully saturated rings. The summed E-state index contributed by atoms with van der Waals surface area (Å²) in [6.07, 6.45) is 0. The first kappa shape index (κ1) is 8.23. The minimum Gasteiger partial charge on any atom is -0.488 e. The van der Waals surface area contributed by atoms with E-state index in [1.807, 2.05) is 24.3 Å². The Labute approximate surface area is 86.7 Å². The Hall–Kier alpha value is -2.10. The van der Waals surface area contributed by atoms with E-state index in [9.17, 15) is 0 Å². The standard InChI is InChI=1S/C11H9N3O/c12-10-5-7-6-15-9-4-2-1-3-8(9)11(7)14-13-10/h1-5H,6H2,(H2,12,13). The summed E-state index contributed by atoms with van der Waals surface area (Å²) in [6.45, 7) is 0.506. The Balaban J connectivity index is 2.26. The largest absolute Gasteiger partial charge is 0.488 e. The first-order valence-corrected chi connectivity index (χ1v) is 4.69. The average Bonchev–Trinajstić information content (AvgIpc) is 2.28. The van der Waals surface area contributed by atoms with Crippen molar-refractivity contribution in [2.75, 3.05) is 5.73 Å². The number of aromatic nitrogens is 2. The van der Waals surface area contributed by atoms with Crippen molar-refractivity contribution in [2.24, 2.45) is 0 Å². The molecular formula is C11H9N3O. The number of ether oxygens (including phenoxy) is 1. The maximum atomic E-state index is 5.58. The summed E-state index contributed by atoms with van der Waals surface area (Å²) < 4.78 is 5.58. The number of nitrogen functional groups attached to an aromatic ring is 1. The summed E-state index contributed by atoms with van der Waals surface area (Å²) >= 11 is 0. The van der Waals surface area contributed by atoms with Crippen molar-refractivity contribution < 1.29 is 4.74 Å². The van der Waals surface area contributed by atoms with Crippen LogP contribution in [0.4, 0.5) is 5.82 Å². The van der Waals surface area contributed by atoms with Gasteiger partial charge in [-0.2, -0.15) is 0 Å². The van der Waals surface area contributed by atoms with Crippen molar-refractivity contribution in [3.05, 3.63) is 35.9 Å². The molecule has 1 aromatic carbocycles. The summed E-state index contributed by atoms with van der Waals surface area (Å²) in [4.78, 5) is 0. The van der Waals surface area contributed by atoms with Crippen LogP contribution in [0.1, 0.15) is 5.56 Å². The number of nitrogens with zero attached hydrogens (tertiary/aromatic N) is 2. The molecule has 2 N–H and O–H groups in total. The molecule has 2 heterocycles. The van der Waals surface area contributed by atoms with E-state index in [2.05, 4.69) is 10.2 Å². The molecular weight excluding hydrogens is 190 g/mol. The molecule has 1 aliphatic heterocycles. The third-order valence-corrected chi connectivity index (χ3v) is 2.42. The van der Waals surface area contributed by atoms with Gasteiger partial charge >= 0.3 is 0 Å². The van der Waals surface area contributed by atoms with Crippen molar-refractivity contribution in [3.8, 4) is 17.0 Å². The predicted molar refractivity (Wildman–Crippen MR) is 56.2 cm³/mol. The number of anilines is 1. The van der Waals surface area contributed by atoms with E-state index < -0.39 is 0 Å². The number of fused-ring (bicyclic) bond motifs is 3. The lowest BCUT2D eigenvalue weighted by atomic mass is 10.0. The van der Waals surface area contributed by atoms with Crippen molar-refractivity contribution in [1.82, 2.24) is 10.2 Å². The van der Waals surface area contributed by atoms with Crippen molar-refractivity contribution in [3.63, 3.8) is 0 Å². The second kappa shape index (κ2) is 2.95. The molecule has 0 bridgehead atoms. The SMILES string of the molecule is Nc1cc2c(nn1)-c1ccccc1OC2. The number of hydrogen-bond donors (Lipinski definition) is 1. The molecule has 0 amide bonds. The summed E-state index contributed by atoms with van der Waals surface area (Å²) in [5.74, 6) is 1.28. The molecule has 15 heavy (non-hydrogen) atoms. The van der Waals surface area contributed by atoms with Gasteiger partial charge in [0.1, 0.15) is 23.9 Å². The molecule has 0 unspecified atom stereocenters. The highest BCUT2D eigenvalue weighted by Crippen LogP contribution is 2.35. The van der Waals surface area contributed by atoms with Gasteiger partial charge in [0.25, 0.3) is 0 Å². The van der Waals surface area contributed by atoms with Crippen LogP contribution < -0.4 is 10.5 Å². The van der Waals surface area contributed by atoms with Crippen LogP contribution in [0.15, 0.2) is 30.3 Å². The zero-order chi connectivity index (χ0) is 10.3. The smallest absolute Gasteiger partial charge is 0.146 e. The molecule has 4 nitrogen and oxygen atoms in total. The topological polar surface area (TPSA) is 61.0 Å². The number of rotatable bonds is 0. The number of hydrogen-bond acceptors (Lipinski definition) is 4. The first-order chi connectivity index (χ1) is 7.34. The molecule has 0 saturated heterocycles. The zero-order valence-corrected chi connectivity index (χ0v) is 7.97. The highest BCUT2D eigenvalue weighted by molar-refractivity contribution is 5.71. The quantitative estimate of drug-likeness (QED) is 0.700. The lowest BCUT2D eigenvalue weighted by Crippen LogP contribution is -2.09. The predicted octanol–water partition coefficient (Wildman–Crippen LogP) is 1.62. The monoisotopic (exact) mass is 199 g/mol. The molecule has 74 valence electrons. The fourth-order valence-electron chi connectivity index (χ4n) is 1.73. The lowest BCUT2D eigenvalue weighted by Gasteiger charge is -2.18. The van der Waals surface area contributed by atoms with Crippen LogP contribution in [0.2, 0.25) is 0 Å². The van der Waals surface area contributed by atoms with Crippen LogP contribution in [0.25, 0.3) is 11.3 Å². The fourth-order valence-corrected chi connectivity index (χ4v) is 1.73. The van der Waals surface area contributed by atoms with Gasteiger partial charge in [0.15, 0.2) is 0 Å². The first-order valence-electron chi connectivity index (χ1n) is 4.69. The van der Waals surface area contributed by atoms with Gasteiger partial charge < -0.3 is 10.5 Å². The zero-order valence-electron chi connectivity index (χ0n) is 7.97. The van der Waals surface area contributed by atoms with E-state index >= 15 is 0 Å². The third kappa shape index (κ3) is 1.22. The molecule has 0 atom stereocenters. The highest BCUT2D eigenvalue weighted by atomic mass is 16.5. The van der Waals surface area contributed by atoms with Gasteiger partial charge in [0, 0.05) is 11.1 Å². The number of benzene rings is 1. The Morgan fingerprint density at radius 2 is 2.07 bits per heavy atom. The fraction of sp³-hybridized carbons (Fsp3) is 0.0909. The van der Waals surface area contributed by atoms with Crippen LogP contribution in [0.3, 0.4) is 0 Å². The summed E-state index contributed by atoms with van der Waals surface area (Å²) in [6, 6.07) is 9.59. The normalized spacial score (nSPS) is 12.5. The number of para-hydroxylation sites is 1. The molecule has 0 radical (unpaired) electrons. The maximum absolute atomic E-state index is 5.58. The molecule has 1 aliphatic rings. The Bertz CT molecular complexity index is 525. The molecule has 2 aromatic rings. The van der Waals surface area contributed by atoms with E-state index in [1.165, 1.54) is 0 Å². The summed E-state index contributed by atoms with van der Waals surface area (Å²) in [7, 11) is 0. The van der Waals surface area contributed by atoms with E-state index in [1.54, 1.807) is 6.07 Å². The maximum Gasteiger partial charge on any atom is 0.146 e. The summed E-state index contributed by atoms with van der Waals surface area (Å²) in [5, 5.41) is 7.97. The van der Waals surface area contributed by atoms with E-state index in [-0.39, 0.29) is 0 Å². The van der Waals surface area contributed by atoms with Crippen molar-refractivity contribution >= 4 is 5.82 Å². The van der Waals surface area contributed by atoms with Gasteiger partial charge in [0.05, 0.1) is 0 Å². The Morgan fingerprint density at radius 3 is 3.00 bits per heavy atom. The second-order valence-corrected chi connectivity index (χ2v) is 3.43. The van der Waals surface area contributed by atoms with Crippen molar-refractivity contribution in [2.45, 2.75) is 6.61 Å². The van der Waals surface area contributed by atoms with E-state index in [4.69, 9.17) is 10.5 Å². The second-order valence-electron chi connectivity index (χ2n) is 3.43. The molecule has 4 heteroatoms. The molecule has 1 aromatic heterocycles. The van der Waals surface area contributed by atoms with Crippen LogP contribution in [-0.4, -0.2) is 10.2 Å². The van der Waals surface area contributed by atoms with Gasteiger partial charge in [-0.15, -0.1) is 10.2 Å². The van der Waals surface area contributed by atoms with E-state index in [0.717, 1.165) is 22.6 Å². The minimum absolute atomic E-state index is 0.428. The molecule has 3 rings (SSSR count). The minimum atomic E-state index is 0.428. The van der Waals surface area contributed by atoms with Gasteiger partial charge in [-0.05, 0) is 18.2 Å². The molecule has 0 spiro atoms. The Morgan fingerprint density at radius 1 is 1.20 bits per heavy atom. The van der Waals surface area contributed by atoms with Gasteiger partial charge in [0.2, 0.25) is 0 Å². The molecule has 0 aliphatic carbocycles. The third-order valence-electron chi connectivity index (χ3n) is 2.42. The summed E-state index contributed by atoms with van der Waals surface area (Å²) in [5.41, 5.74) is 8.40. The lowest BCUT2D eigenvalue weighted by molar-refractivity contribution is 0.301. The van der Waals surface area contributed by atoms with Crippen LogP contribution in [-0.2, 0) is 6.61 Å². The van der Waals surface area contributed by atoms with Crippen molar-refractivity contribution in [1.29, 1.82) is 0 Å².